The van der Waals surface area contributed by atoms with Gasteiger partial charge in [0.15, 0.2) is 0 Å². The van der Waals surface area contributed by atoms with E-state index >= 15 is 0 Å². The Bertz CT molecular complexity index is 168. The van der Waals surface area contributed by atoms with Crippen LogP contribution < -0.4 is 5.84 Å². The van der Waals surface area contributed by atoms with Crippen molar-refractivity contribution in [2.45, 2.75) is 13.8 Å². The molecule has 0 aromatic rings. The molecule has 9 heavy (non-hydrogen) atoms. The molecule has 0 fully saturated rings. The molecule has 0 atom stereocenters. The molecule has 1 aliphatic rings. The molecule has 1 aliphatic heterocycles. The fraction of sp³-hybridized carbons (Fsp3) is 0.429. The van der Waals surface area contributed by atoms with Crippen molar-refractivity contribution in [2.24, 2.45) is 5.84 Å². The van der Waals surface area contributed by atoms with Gasteiger partial charge in [-0.1, -0.05) is 11.6 Å². The SMILES string of the molecule is CC1=CCN(N)C(C)=C1. The summed E-state index contributed by atoms with van der Waals surface area (Å²) in [6.07, 6.45) is 4.18. The van der Waals surface area contributed by atoms with Crippen molar-refractivity contribution in [3.63, 3.8) is 0 Å². The van der Waals surface area contributed by atoms with Crippen LogP contribution in [0.4, 0.5) is 0 Å². The van der Waals surface area contributed by atoms with E-state index in [1.54, 1.807) is 5.01 Å². The monoisotopic (exact) mass is 124 g/mol. The summed E-state index contributed by atoms with van der Waals surface area (Å²) in [5, 5.41) is 1.73. The van der Waals surface area contributed by atoms with Crippen LogP contribution in [0.1, 0.15) is 13.8 Å². The van der Waals surface area contributed by atoms with Crippen molar-refractivity contribution in [1.29, 1.82) is 0 Å². The minimum Gasteiger partial charge on any atom is -0.312 e. The van der Waals surface area contributed by atoms with E-state index in [1.165, 1.54) is 5.57 Å². The third-order valence-corrected chi connectivity index (χ3v) is 1.50. The smallest absolute Gasteiger partial charge is 0.0524 e. The highest BCUT2D eigenvalue weighted by molar-refractivity contribution is 5.24. The number of hydrogen-bond acceptors (Lipinski definition) is 2. The second-order valence-corrected chi connectivity index (χ2v) is 2.39. The molecule has 0 aromatic heterocycles. The lowest BCUT2D eigenvalue weighted by Crippen LogP contribution is -2.30. The summed E-state index contributed by atoms with van der Waals surface area (Å²) in [6, 6.07) is 0. The molecule has 0 aliphatic carbocycles. The molecule has 0 radical (unpaired) electrons. The van der Waals surface area contributed by atoms with Gasteiger partial charge >= 0.3 is 0 Å². The van der Waals surface area contributed by atoms with Crippen molar-refractivity contribution in [2.75, 3.05) is 6.54 Å². The average Bonchev–Trinajstić information content (AvgIpc) is 1.80. The lowest BCUT2D eigenvalue weighted by molar-refractivity contribution is 0.393. The zero-order valence-corrected chi connectivity index (χ0v) is 5.89. The van der Waals surface area contributed by atoms with E-state index in [0.717, 1.165) is 12.2 Å². The van der Waals surface area contributed by atoms with E-state index in [9.17, 15) is 0 Å². The first-order valence-corrected chi connectivity index (χ1v) is 3.07. The van der Waals surface area contributed by atoms with Crippen LogP contribution in [0.5, 0.6) is 0 Å². The molecule has 0 saturated carbocycles. The first-order chi connectivity index (χ1) is 4.20. The Morgan fingerprint density at radius 1 is 1.56 bits per heavy atom. The van der Waals surface area contributed by atoms with E-state index < -0.39 is 0 Å². The van der Waals surface area contributed by atoms with Crippen LogP contribution in [0.25, 0.3) is 0 Å². The number of nitrogens with two attached hydrogens (primary N) is 1. The second kappa shape index (κ2) is 2.23. The van der Waals surface area contributed by atoms with Crippen LogP contribution >= 0.6 is 0 Å². The summed E-state index contributed by atoms with van der Waals surface area (Å²) in [5.74, 6) is 5.56. The summed E-state index contributed by atoms with van der Waals surface area (Å²) >= 11 is 0. The average molecular weight is 124 g/mol. The maximum Gasteiger partial charge on any atom is 0.0524 e. The Morgan fingerprint density at radius 2 is 2.22 bits per heavy atom. The number of allylic oxidation sites excluding steroid dienone is 3. The number of hydrazine groups is 1. The van der Waals surface area contributed by atoms with Crippen molar-refractivity contribution in [3.05, 3.63) is 23.4 Å². The Kier molecular flexibility index (Phi) is 1.58. The highest BCUT2D eigenvalue weighted by Crippen LogP contribution is 2.09. The van der Waals surface area contributed by atoms with E-state index in [4.69, 9.17) is 5.84 Å². The lowest BCUT2D eigenvalue weighted by atomic mass is 10.2. The van der Waals surface area contributed by atoms with Gasteiger partial charge in [-0.2, -0.15) is 0 Å². The molecule has 1 heterocycles. The first kappa shape index (κ1) is 6.36. The van der Waals surface area contributed by atoms with Crippen molar-refractivity contribution >= 4 is 0 Å². The third-order valence-electron chi connectivity index (χ3n) is 1.50. The highest BCUT2D eigenvalue weighted by atomic mass is 15.4. The van der Waals surface area contributed by atoms with Gasteiger partial charge in [0.05, 0.1) is 6.54 Å². The number of rotatable bonds is 0. The summed E-state index contributed by atoms with van der Waals surface area (Å²) in [6.45, 7) is 4.93. The Morgan fingerprint density at radius 3 is 2.67 bits per heavy atom. The largest absolute Gasteiger partial charge is 0.312 e. The molecule has 0 aromatic carbocycles. The van der Waals surface area contributed by atoms with Gasteiger partial charge in [-0.3, -0.25) is 0 Å². The van der Waals surface area contributed by atoms with E-state index in [2.05, 4.69) is 19.1 Å². The minimum atomic E-state index is 0.841. The molecule has 2 nitrogen and oxygen atoms in total. The van der Waals surface area contributed by atoms with Gasteiger partial charge in [0, 0.05) is 5.70 Å². The first-order valence-electron chi connectivity index (χ1n) is 3.07. The van der Waals surface area contributed by atoms with Crippen LogP contribution in [-0.4, -0.2) is 11.6 Å². The predicted octanol–water partition coefficient (Wildman–Crippen LogP) is 1.03. The van der Waals surface area contributed by atoms with E-state index in [-0.39, 0.29) is 0 Å². The zero-order valence-electron chi connectivity index (χ0n) is 5.89. The number of nitrogens with zero attached hydrogens (tertiary/aromatic N) is 1. The van der Waals surface area contributed by atoms with Crippen molar-refractivity contribution in [1.82, 2.24) is 5.01 Å². The van der Waals surface area contributed by atoms with Crippen molar-refractivity contribution in [3.8, 4) is 0 Å². The molecule has 0 unspecified atom stereocenters. The number of hydrogen-bond donors (Lipinski definition) is 1. The van der Waals surface area contributed by atoms with Crippen LogP contribution in [0, 0.1) is 0 Å². The maximum absolute atomic E-state index is 5.56. The molecule has 0 amide bonds. The van der Waals surface area contributed by atoms with Gasteiger partial charge in [0.1, 0.15) is 0 Å². The van der Waals surface area contributed by atoms with Gasteiger partial charge in [-0.05, 0) is 19.9 Å². The maximum atomic E-state index is 5.56. The zero-order chi connectivity index (χ0) is 6.85. The summed E-state index contributed by atoms with van der Waals surface area (Å²) < 4.78 is 0. The molecule has 2 N–H and O–H groups in total. The van der Waals surface area contributed by atoms with Crippen LogP contribution in [-0.2, 0) is 0 Å². The summed E-state index contributed by atoms with van der Waals surface area (Å²) in [7, 11) is 0. The molecule has 0 saturated heterocycles. The molecule has 2 heteroatoms. The highest BCUT2D eigenvalue weighted by Gasteiger charge is 2.01. The lowest BCUT2D eigenvalue weighted by Gasteiger charge is -2.21. The normalized spacial score (nSPS) is 19.2. The second-order valence-electron chi connectivity index (χ2n) is 2.39. The summed E-state index contributed by atoms with van der Waals surface area (Å²) in [4.78, 5) is 0. The van der Waals surface area contributed by atoms with Gasteiger partial charge in [0.25, 0.3) is 0 Å². The van der Waals surface area contributed by atoms with Gasteiger partial charge in [-0.15, -0.1) is 0 Å². The molecule has 1 rings (SSSR count). The summed E-state index contributed by atoms with van der Waals surface area (Å²) in [5.41, 5.74) is 2.43. The quantitative estimate of drug-likeness (QED) is 0.489. The van der Waals surface area contributed by atoms with Crippen LogP contribution in [0.2, 0.25) is 0 Å². The fourth-order valence-corrected chi connectivity index (χ4v) is 0.858. The molecule has 50 valence electrons. The van der Waals surface area contributed by atoms with Gasteiger partial charge in [0.2, 0.25) is 0 Å². The standard InChI is InChI=1S/C7H12N2/c1-6-3-4-9(8)7(2)5-6/h3,5H,4,8H2,1-2H3. The Hall–Kier alpha value is -0.760. The predicted molar refractivity (Wildman–Crippen MR) is 38.4 cm³/mol. The van der Waals surface area contributed by atoms with Crippen LogP contribution in [0.15, 0.2) is 23.4 Å². The Labute approximate surface area is 55.6 Å². The molecular weight excluding hydrogens is 112 g/mol. The topological polar surface area (TPSA) is 29.3 Å². The van der Waals surface area contributed by atoms with Gasteiger partial charge in [-0.25, -0.2) is 5.84 Å². The minimum absolute atomic E-state index is 0.841. The Balaban J connectivity index is 2.74. The van der Waals surface area contributed by atoms with Crippen LogP contribution in [0.3, 0.4) is 0 Å². The fourth-order valence-electron chi connectivity index (χ4n) is 0.858. The molecular formula is C7H12N2. The molecule has 0 spiro atoms. The van der Waals surface area contributed by atoms with E-state index in [0.29, 0.717) is 0 Å². The van der Waals surface area contributed by atoms with Gasteiger partial charge < -0.3 is 5.01 Å². The van der Waals surface area contributed by atoms with E-state index in [1.807, 2.05) is 6.92 Å². The molecule has 0 bridgehead atoms. The van der Waals surface area contributed by atoms with Crippen molar-refractivity contribution < 1.29 is 0 Å². The third kappa shape index (κ3) is 1.33.